The van der Waals surface area contributed by atoms with Gasteiger partial charge in [-0.25, -0.2) is 4.98 Å². The average molecular weight is 253 g/mol. The molecule has 18 heavy (non-hydrogen) atoms. The first-order valence-corrected chi connectivity index (χ1v) is 5.60. The zero-order valence-electron chi connectivity index (χ0n) is 10.2. The molecule has 7 nitrogen and oxygen atoms in total. The Hall–Kier alpha value is -1.89. The normalized spacial score (nSPS) is 23.0. The van der Waals surface area contributed by atoms with Crippen molar-refractivity contribution in [2.75, 3.05) is 25.2 Å². The largest absolute Gasteiger partial charge is 0.481 e. The Kier molecular flexibility index (Phi) is 3.33. The smallest absolute Gasteiger partial charge is 0.311 e. The molecule has 2 atom stereocenters. The molecule has 1 aromatic rings. The molecule has 2 unspecified atom stereocenters. The Labute approximate surface area is 103 Å². The predicted octanol–water partition coefficient (Wildman–Crippen LogP) is -0.386. The molecule has 0 saturated carbocycles. The van der Waals surface area contributed by atoms with E-state index in [-0.39, 0.29) is 18.2 Å². The van der Waals surface area contributed by atoms with Crippen LogP contribution in [0.15, 0.2) is 10.9 Å². The number of aliphatic carboxylic acids is 1. The zero-order valence-corrected chi connectivity index (χ0v) is 10.2. The van der Waals surface area contributed by atoms with Crippen molar-refractivity contribution in [3.63, 3.8) is 0 Å². The van der Waals surface area contributed by atoms with Gasteiger partial charge in [-0.2, -0.15) is 0 Å². The van der Waals surface area contributed by atoms with E-state index < -0.39 is 11.9 Å². The second-order valence-electron chi connectivity index (χ2n) is 4.35. The lowest BCUT2D eigenvalue weighted by molar-refractivity contribution is -0.141. The van der Waals surface area contributed by atoms with Crippen molar-refractivity contribution >= 4 is 11.8 Å². The molecule has 0 aromatic carbocycles. The molecule has 2 rings (SSSR count). The van der Waals surface area contributed by atoms with Crippen LogP contribution in [0.2, 0.25) is 0 Å². The number of hydrogen-bond acceptors (Lipinski definition) is 5. The number of H-pyrrole nitrogens is 1. The summed E-state index contributed by atoms with van der Waals surface area (Å²) in [5, 5.41) is 9.09. The van der Waals surface area contributed by atoms with Crippen LogP contribution in [-0.2, 0) is 9.53 Å². The minimum atomic E-state index is -0.897. The molecule has 1 saturated heterocycles. The summed E-state index contributed by atoms with van der Waals surface area (Å²) in [4.78, 5) is 30.9. The number of nitrogens with zero attached hydrogens (tertiary/aromatic N) is 2. The van der Waals surface area contributed by atoms with Gasteiger partial charge in [0, 0.05) is 13.1 Å². The van der Waals surface area contributed by atoms with Crippen molar-refractivity contribution in [2.45, 2.75) is 13.0 Å². The van der Waals surface area contributed by atoms with Crippen molar-refractivity contribution in [1.82, 2.24) is 9.97 Å². The van der Waals surface area contributed by atoms with Crippen LogP contribution in [-0.4, -0.2) is 47.3 Å². The van der Waals surface area contributed by atoms with Crippen LogP contribution < -0.4 is 10.5 Å². The maximum atomic E-state index is 11.4. The maximum absolute atomic E-state index is 11.4. The molecule has 98 valence electrons. The highest BCUT2D eigenvalue weighted by molar-refractivity contribution is 5.72. The summed E-state index contributed by atoms with van der Waals surface area (Å²) in [5.41, 5.74) is -0.254. The molecule has 0 bridgehead atoms. The van der Waals surface area contributed by atoms with E-state index in [1.54, 1.807) is 18.9 Å². The minimum absolute atomic E-state index is 0.187. The molecular weight excluding hydrogens is 238 g/mol. The highest BCUT2D eigenvalue weighted by atomic mass is 16.5. The molecular formula is C11H15N3O4. The van der Waals surface area contributed by atoms with E-state index in [2.05, 4.69) is 9.97 Å². The molecule has 2 heterocycles. The molecule has 1 aromatic heterocycles. The number of aromatic nitrogens is 2. The zero-order chi connectivity index (χ0) is 13.3. The highest BCUT2D eigenvalue weighted by Crippen LogP contribution is 2.22. The molecule has 1 aliphatic rings. The number of aryl methyl sites for hydroxylation is 1. The van der Waals surface area contributed by atoms with Gasteiger partial charge in [0.25, 0.3) is 5.56 Å². The fraction of sp³-hybridized carbons (Fsp3) is 0.545. The van der Waals surface area contributed by atoms with Gasteiger partial charge in [0.2, 0.25) is 0 Å². The molecule has 7 heteroatoms. The van der Waals surface area contributed by atoms with Gasteiger partial charge >= 0.3 is 5.97 Å². The molecule has 0 radical (unpaired) electrons. The molecule has 0 spiro atoms. The maximum Gasteiger partial charge on any atom is 0.311 e. The van der Waals surface area contributed by atoms with Gasteiger partial charge in [-0.3, -0.25) is 9.59 Å². The number of nitrogens with one attached hydrogen (secondary N) is 1. The number of aromatic amines is 1. The second kappa shape index (κ2) is 4.77. The SMILES string of the molecule is Cc1nc(N(C)C2COCC2C(=O)O)cc(=O)[nH]1. The standard InChI is InChI=1S/C11H15N3O4/c1-6-12-9(3-10(15)13-6)14(2)8-5-18-4-7(8)11(16)17/h3,7-8H,4-5H2,1-2H3,(H,16,17)(H,12,13,15). The van der Waals surface area contributed by atoms with Gasteiger partial charge in [0.1, 0.15) is 17.6 Å². The summed E-state index contributed by atoms with van der Waals surface area (Å²) >= 11 is 0. The summed E-state index contributed by atoms with van der Waals surface area (Å²) in [6, 6.07) is 1.04. The van der Waals surface area contributed by atoms with Crippen molar-refractivity contribution in [3.05, 3.63) is 22.2 Å². The van der Waals surface area contributed by atoms with E-state index in [0.29, 0.717) is 18.2 Å². The lowest BCUT2D eigenvalue weighted by Crippen LogP contribution is -2.41. The van der Waals surface area contributed by atoms with Crippen LogP contribution in [0, 0.1) is 12.8 Å². The van der Waals surface area contributed by atoms with Crippen molar-refractivity contribution in [2.24, 2.45) is 5.92 Å². The number of likely N-dealkylation sites (N-methyl/N-ethyl adjacent to an activating group) is 1. The van der Waals surface area contributed by atoms with Crippen LogP contribution in [0.4, 0.5) is 5.82 Å². The number of carboxylic acid groups (broad SMARTS) is 1. The summed E-state index contributed by atoms with van der Waals surface area (Å²) in [5.74, 6) is -0.546. The first kappa shape index (κ1) is 12.6. The fourth-order valence-corrected chi connectivity index (χ4v) is 2.07. The Morgan fingerprint density at radius 3 is 2.94 bits per heavy atom. The number of rotatable bonds is 3. The van der Waals surface area contributed by atoms with E-state index in [0.717, 1.165) is 0 Å². The van der Waals surface area contributed by atoms with Gasteiger partial charge in [0.15, 0.2) is 0 Å². The average Bonchev–Trinajstić information content (AvgIpc) is 2.75. The second-order valence-corrected chi connectivity index (χ2v) is 4.35. The van der Waals surface area contributed by atoms with Crippen LogP contribution in [0.3, 0.4) is 0 Å². The highest BCUT2D eigenvalue weighted by Gasteiger charge is 2.37. The van der Waals surface area contributed by atoms with Gasteiger partial charge in [-0.1, -0.05) is 0 Å². The quantitative estimate of drug-likeness (QED) is 0.762. The third kappa shape index (κ3) is 2.35. The third-order valence-corrected chi connectivity index (χ3v) is 3.07. The Balaban J connectivity index is 2.27. The fourth-order valence-electron chi connectivity index (χ4n) is 2.07. The number of anilines is 1. The van der Waals surface area contributed by atoms with Crippen molar-refractivity contribution in [1.29, 1.82) is 0 Å². The van der Waals surface area contributed by atoms with Crippen molar-refractivity contribution in [3.8, 4) is 0 Å². The van der Waals surface area contributed by atoms with Crippen LogP contribution >= 0.6 is 0 Å². The Morgan fingerprint density at radius 2 is 2.33 bits per heavy atom. The molecule has 0 aliphatic carbocycles. The topological polar surface area (TPSA) is 95.5 Å². The van der Waals surface area contributed by atoms with Gasteiger partial charge < -0.3 is 19.7 Å². The summed E-state index contributed by atoms with van der Waals surface area (Å²) in [6.45, 7) is 2.19. The Bertz CT molecular complexity index is 513. The van der Waals surface area contributed by atoms with Crippen LogP contribution in [0.25, 0.3) is 0 Å². The monoisotopic (exact) mass is 253 g/mol. The molecule has 1 fully saturated rings. The minimum Gasteiger partial charge on any atom is -0.481 e. The molecule has 2 N–H and O–H groups in total. The number of carbonyl (C=O) groups is 1. The Morgan fingerprint density at radius 1 is 1.61 bits per heavy atom. The first-order valence-electron chi connectivity index (χ1n) is 5.60. The van der Waals surface area contributed by atoms with E-state index in [1.165, 1.54) is 6.07 Å². The number of ether oxygens (including phenoxy) is 1. The van der Waals surface area contributed by atoms with Gasteiger partial charge in [-0.15, -0.1) is 0 Å². The van der Waals surface area contributed by atoms with E-state index in [9.17, 15) is 9.59 Å². The number of carboxylic acids is 1. The summed E-state index contributed by atoms with van der Waals surface area (Å²) in [6.07, 6.45) is 0. The predicted molar refractivity (Wildman–Crippen MR) is 63.7 cm³/mol. The van der Waals surface area contributed by atoms with Gasteiger partial charge in [-0.05, 0) is 6.92 Å². The van der Waals surface area contributed by atoms with E-state index in [4.69, 9.17) is 9.84 Å². The summed E-state index contributed by atoms with van der Waals surface area (Å²) < 4.78 is 5.20. The van der Waals surface area contributed by atoms with E-state index >= 15 is 0 Å². The first-order chi connectivity index (χ1) is 8.49. The van der Waals surface area contributed by atoms with Gasteiger partial charge in [0.05, 0.1) is 19.3 Å². The summed E-state index contributed by atoms with van der Waals surface area (Å²) in [7, 11) is 1.72. The molecule has 1 aliphatic heterocycles. The van der Waals surface area contributed by atoms with Crippen LogP contribution in [0.1, 0.15) is 5.82 Å². The third-order valence-electron chi connectivity index (χ3n) is 3.07. The van der Waals surface area contributed by atoms with Crippen LogP contribution in [0.5, 0.6) is 0 Å². The number of hydrogen-bond donors (Lipinski definition) is 2. The lowest BCUT2D eigenvalue weighted by atomic mass is 10.0. The molecule has 0 amide bonds. The van der Waals surface area contributed by atoms with Crippen molar-refractivity contribution < 1.29 is 14.6 Å². The van der Waals surface area contributed by atoms with E-state index in [1.807, 2.05) is 0 Å². The lowest BCUT2D eigenvalue weighted by Gasteiger charge is -2.27.